The van der Waals surface area contributed by atoms with Crippen molar-refractivity contribution >= 4 is 46.6 Å². The highest BCUT2D eigenvalue weighted by atomic mass is 35.5. The summed E-state index contributed by atoms with van der Waals surface area (Å²) in [6.45, 7) is 2.28. The third-order valence-electron chi connectivity index (χ3n) is 3.02. The minimum Gasteiger partial charge on any atom is -0.550 e. The number of carbonyl (C=O) groups is 2. The molecule has 1 aliphatic heterocycles. The number of halogens is 1. The zero-order valence-electron chi connectivity index (χ0n) is 13.4. The van der Waals surface area contributed by atoms with E-state index < -0.39 is 17.1 Å². The molecule has 0 aliphatic carbocycles. The van der Waals surface area contributed by atoms with Gasteiger partial charge >= 0.3 is 0 Å². The average molecular weight is 385 g/mol. The van der Waals surface area contributed by atoms with Gasteiger partial charge in [-0.05, 0) is 19.1 Å². The third-order valence-corrected chi connectivity index (χ3v) is 4.38. The Labute approximate surface area is 153 Å². The van der Waals surface area contributed by atoms with E-state index in [4.69, 9.17) is 21.1 Å². The molecule has 1 saturated heterocycles. The van der Waals surface area contributed by atoms with Gasteiger partial charge in [0.15, 0.2) is 16.7 Å². The number of nitrogens with zero attached hydrogens (tertiary/aromatic N) is 2. The van der Waals surface area contributed by atoms with Crippen molar-refractivity contribution < 1.29 is 24.2 Å². The number of carbonyl (C=O) groups excluding carboxylic acids is 2. The van der Waals surface area contributed by atoms with Gasteiger partial charge in [-0.1, -0.05) is 23.4 Å². The van der Waals surface area contributed by atoms with Crippen LogP contribution in [-0.2, 0) is 9.59 Å². The van der Waals surface area contributed by atoms with Crippen molar-refractivity contribution in [3.8, 4) is 11.5 Å². The molecule has 0 bridgehead atoms. The van der Waals surface area contributed by atoms with E-state index >= 15 is 0 Å². The maximum absolute atomic E-state index is 11.6. The van der Waals surface area contributed by atoms with Crippen LogP contribution < -0.4 is 19.9 Å². The molecule has 1 N–H and O–H groups in total. The van der Waals surface area contributed by atoms with Crippen molar-refractivity contribution in [3.63, 3.8) is 0 Å². The molecule has 2 rings (SSSR count). The van der Waals surface area contributed by atoms with Gasteiger partial charge in [0.2, 0.25) is 5.91 Å². The molecule has 8 nitrogen and oxygen atoms in total. The number of thioether (sulfide) groups is 1. The zero-order valence-corrected chi connectivity index (χ0v) is 15.0. The molecule has 10 heteroatoms. The Morgan fingerprint density at radius 1 is 1.52 bits per heavy atom. The first-order valence-corrected chi connectivity index (χ1v) is 8.49. The van der Waals surface area contributed by atoms with E-state index in [1.807, 2.05) is 6.92 Å². The maximum atomic E-state index is 11.6. The minimum absolute atomic E-state index is 0.219. The van der Waals surface area contributed by atoms with Crippen LogP contribution >= 0.6 is 23.4 Å². The summed E-state index contributed by atoms with van der Waals surface area (Å²) in [5.41, 5.74) is 0.621. The molecule has 1 aromatic carbocycles. The van der Waals surface area contributed by atoms with Crippen molar-refractivity contribution in [3.05, 3.63) is 22.7 Å². The van der Waals surface area contributed by atoms with Gasteiger partial charge in [0.05, 0.1) is 30.2 Å². The van der Waals surface area contributed by atoms with Crippen molar-refractivity contribution in [1.82, 2.24) is 5.32 Å². The van der Waals surface area contributed by atoms with Gasteiger partial charge in [-0.25, -0.2) is 0 Å². The fraction of sp³-hybridized carbons (Fsp3) is 0.333. The summed E-state index contributed by atoms with van der Waals surface area (Å²) in [6.07, 6.45) is 1.04. The number of nitrogens with one attached hydrogen (secondary N) is 1. The number of benzene rings is 1. The lowest BCUT2D eigenvalue weighted by atomic mass is 10.2. The van der Waals surface area contributed by atoms with Crippen molar-refractivity contribution in [2.75, 3.05) is 13.7 Å². The molecular weight excluding hydrogens is 370 g/mol. The van der Waals surface area contributed by atoms with Gasteiger partial charge in [0.25, 0.3) is 0 Å². The van der Waals surface area contributed by atoms with E-state index in [1.54, 1.807) is 12.1 Å². The first-order valence-electron chi connectivity index (χ1n) is 7.23. The van der Waals surface area contributed by atoms with Crippen LogP contribution in [-0.4, -0.2) is 42.2 Å². The van der Waals surface area contributed by atoms with E-state index in [9.17, 15) is 14.7 Å². The van der Waals surface area contributed by atoms with Gasteiger partial charge in [0, 0.05) is 18.0 Å². The number of hydrogen-bond acceptors (Lipinski definition) is 8. The predicted molar refractivity (Wildman–Crippen MR) is 93.3 cm³/mol. The zero-order chi connectivity index (χ0) is 18.4. The summed E-state index contributed by atoms with van der Waals surface area (Å²) in [5, 5.41) is 20.6. The summed E-state index contributed by atoms with van der Waals surface area (Å²) in [7, 11) is 1.50. The van der Waals surface area contributed by atoms with E-state index in [2.05, 4.69) is 15.5 Å². The van der Waals surface area contributed by atoms with Crippen LogP contribution in [0.5, 0.6) is 11.5 Å². The van der Waals surface area contributed by atoms with Crippen LogP contribution in [0.2, 0.25) is 5.02 Å². The summed E-state index contributed by atoms with van der Waals surface area (Å²) in [4.78, 5) is 22.1. The highest BCUT2D eigenvalue weighted by molar-refractivity contribution is 8.15. The summed E-state index contributed by atoms with van der Waals surface area (Å²) in [6, 6.07) is 3.32. The monoisotopic (exact) mass is 384 g/mol. The molecule has 134 valence electrons. The first kappa shape index (κ1) is 19.1. The standard InChI is InChI=1S/C15H16ClN3O5S/c1-3-24-13-9(16)4-8(5-10(13)23-2)7-17-19-15-18-14(22)11(25-15)6-12(20)21/h4-5,7,11H,3,6H2,1-2H3,(H,20,21)(H,18,19,22)/p-1/b17-7-/t11-/m1/s1. The molecule has 1 amide bonds. The molecule has 25 heavy (non-hydrogen) atoms. The molecule has 0 spiro atoms. The number of aliphatic carboxylic acids is 1. The number of carboxylic acids is 1. The van der Waals surface area contributed by atoms with Crippen LogP contribution in [0.1, 0.15) is 18.9 Å². The molecule has 1 fully saturated rings. The highest BCUT2D eigenvalue weighted by Gasteiger charge is 2.30. The lowest BCUT2D eigenvalue weighted by Gasteiger charge is -2.11. The van der Waals surface area contributed by atoms with Crippen LogP contribution in [0.4, 0.5) is 0 Å². The molecule has 1 atom stereocenters. The van der Waals surface area contributed by atoms with Gasteiger partial charge in [-0.15, -0.1) is 5.10 Å². The number of hydrogen-bond donors (Lipinski definition) is 1. The number of carboxylic acid groups (broad SMARTS) is 1. The SMILES string of the molecule is CCOc1c(Cl)cc(/C=N\N=C2\NC(=O)[C@@H](CC(=O)[O-])S2)cc1OC. The fourth-order valence-corrected chi connectivity index (χ4v) is 3.17. The molecule has 0 aromatic heterocycles. The molecule has 0 radical (unpaired) electrons. The average Bonchev–Trinajstić information content (AvgIpc) is 2.88. The van der Waals surface area contributed by atoms with Crippen molar-refractivity contribution in [2.45, 2.75) is 18.6 Å². The van der Waals surface area contributed by atoms with E-state index in [1.165, 1.54) is 13.3 Å². The van der Waals surface area contributed by atoms with Crippen LogP contribution in [0.25, 0.3) is 0 Å². The number of amidine groups is 1. The number of rotatable bonds is 7. The highest BCUT2D eigenvalue weighted by Crippen LogP contribution is 2.36. The third kappa shape index (κ3) is 5.10. The topological polar surface area (TPSA) is 112 Å². The van der Waals surface area contributed by atoms with E-state index in [-0.39, 0.29) is 11.6 Å². The molecular formula is C15H15ClN3O5S-. The Kier molecular flexibility index (Phi) is 6.65. The summed E-state index contributed by atoms with van der Waals surface area (Å²) >= 11 is 7.15. The normalized spacial score (nSPS) is 18.6. The Balaban J connectivity index is 2.11. The second-order valence-electron chi connectivity index (χ2n) is 4.79. The summed E-state index contributed by atoms with van der Waals surface area (Å²) in [5.74, 6) is -0.831. The van der Waals surface area contributed by atoms with Crippen LogP contribution in [0, 0.1) is 0 Å². The van der Waals surface area contributed by atoms with Gasteiger partial charge in [-0.3, -0.25) is 4.79 Å². The lowest BCUT2D eigenvalue weighted by Crippen LogP contribution is -2.31. The molecule has 0 saturated carbocycles. The number of methoxy groups -OCH3 is 1. The maximum Gasteiger partial charge on any atom is 0.239 e. The van der Waals surface area contributed by atoms with Gasteiger partial charge in [0.1, 0.15) is 0 Å². The molecule has 1 aromatic rings. The summed E-state index contributed by atoms with van der Waals surface area (Å²) < 4.78 is 10.7. The predicted octanol–water partition coefficient (Wildman–Crippen LogP) is 0.809. The number of amides is 1. The van der Waals surface area contributed by atoms with E-state index in [0.29, 0.717) is 28.7 Å². The van der Waals surface area contributed by atoms with Crippen LogP contribution in [0.15, 0.2) is 22.3 Å². The van der Waals surface area contributed by atoms with Crippen molar-refractivity contribution in [2.24, 2.45) is 10.2 Å². The fourth-order valence-electron chi connectivity index (χ4n) is 1.98. The smallest absolute Gasteiger partial charge is 0.239 e. The van der Waals surface area contributed by atoms with Gasteiger partial charge < -0.3 is 24.7 Å². The van der Waals surface area contributed by atoms with Gasteiger partial charge in [-0.2, -0.15) is 5.10 Å². The first-order chi connectivity index (χ1) is 11.9. The molecule has 1 aliphatic rings. The Bertz CT molecular complexity index is 738. The second kappa shape index (κ2) is 8.72. The Morgan fingerprint density at radius 2 is 2.28 bits per heavy atom. The second-order valence-corrected chi connectivity index (χ2v) is 6.39. The number of ether oxygens (including phenoxy) is 2. The van der Waals surface area contributed by atoms with Crippen molar-refractivity contribution in [1.29, 1.82) is 0 Å². The molecule has 1 heterocycles. The Morgan fingerprint density at radius 3 is 2.92 bits per heavy atom. The largest absolute Gasteiger partial charge is 0.550 e. The molecule has 0 unspecified atom stereocenters. The van der Waals surface area contributed by atoms with Crippen LogP contribution in [0.3, 0.4) is 0 Å². The van der Waals surface area contributed by atoms with E-state index in [0.717, 1.165) is 11.8 Å². The lowest BCUT2D eigenvalue weighted by molar-refractivity contribution is -0.305. The quantitative estimate of drug-likeness (QED) is 0.550. The Hall–Kier alpha value is -2.26. The minimum atomic E-state index is -1.30.